The van der Waals surface area contributed by atoms with E-state index >= 15 is 0 Å². The Balaban J connectivity index is 2.28. The number of methoxy groups -OCH3 is 1. The molecule has 0 saturated heterocycles. The molecule has 1 aromatic carbocycles. The van der Waals surface area contributed by atoms with Gasteiger partial charge in [-0.15, -0.1) is 11.8 Å². The lowest BCUT2D eigenvalue weighted by atomic mass is 10.2. The quantitative estimate of drug-likeness (QED) is 0.781. The van der Waals surface area contributed by atoms with Crippen molar-refractivity contribution < 1.29 is 14.6 Å². The molecule has 1 N–H and O–H groups in total. The van der Waals surface area contributed by atoms with Gasteiger partial charge >= 0.3 is 5.97 Å². The molecule has 0 bridgehead atoms. The van der Waals surface area contributed by atoms with Crippen LogP contribution in [0.15, 0.2) is 35.3 Å². The number of aliphatic hydroxyl groups is 1. The number of hydrogen-bond donors (Lipinski definition) is 1. The van der Waals surface area contributed by atoms with Crippen molar-refractivity contribution in [3.63, 3.8) is 0 Å². The van der Waals surface area contributed by atoms with E-state index in [0.717, 1.165) is 5.56 Å². The normalized spacial score (nSPS) is 24.0. The molecule has 1 aliphatic heterocycles. The summed E-state index contributed by atoms with van der Waals surface area (Å²) in [5.41, 5.74) is -0.836. The lowest BCUT2D eigenvalue weighted by molar-refractivity contribution is -0.158. The first kappa shape index (κ1) is 11.2. The summed E-state index contributed by atoms with van der Waals surface area (Å²) in [7, 11) is 1.24. The number of ether oxygens (including phenoxy) is 1. The minimum absolute atomic E-state index is 0.198. The fourth-order valence-corrected chi connectivity index (χ4v) is 2.44. The number of esters is 1. The smallest absolute Gasteiger partial charge is 0.362 e. The summed E-state index contributed by atoms with van der Waals surface area (Å²) in [5.74, 6) is -0.518. The van der Waals surface area contributed by atoms with Gasteiger partial charge in [0.25, 0.3) is 5.72 Å². The zero-order chi connectivity index (χ0) is 11.6. The van der Waals surface area contributed by atoms with E-state index < -0.39 is 11.7 Å². The molecule has 0 aliphatic carbocycles. The Morgan fingerprint density at radius 3 is 2.81 bits per heavy atom. The minimum Gasteiger partial charge on any atom is -0.465 e. The second-order valence-electron chi connectivity index (χ2n) is 3.38. The van der Waals surface area contributed by atoms with Gasteiger partial charge in [0.1, 0.15) is 5.04 Å². The van der Waals surface area contributed by atoms with Crippen molar-refractivity contribution in [2.45, 2.75) is 5.72 Å². The molecular formula is C11H11NO3S. The molecule has 0 radical (unpaired) electrons. The predicted molar refractivity (Wildman–Crippen MR) is 62.4 cm³/mol. The van der Waals surface area contributed by atoms with Crippen LogP contribution in [0.4, 0.5) is 0 Å². The van der Waals surface area contributed by atoms with E-state index in [2.05, 4.69) is 9.73 Å². The molecule has 0 aromatic heterocycles. The number of carbonyl (C=O) groups is 1. The second-order valence-corrected chi connectivity index (χ2v) is 4.34. The summed E-state index contributed by atoms with van der Waals surface area (Å²) in [6, 6.07) is 9.43. The first-order valence-corrected chi connectivity index (χ1v) is 5.73. The molecule has 16 heavy (non-hydrogen) atoms. The molecule has 1 heterocycles. The number of nitrogens with zero attached hydrogens (tertiary/aromatic N) is 1. The van der Waals surface area contributed by atoms with Gasteiger partial charge in [-0.1, -0.05) is 30.3 Å². The SMILES string of the molecule is COC(=O)[C@]1(O)CSC(c2ccccc2)=N1. The van der Waals surface area contributed by atoms with Crippen LogP contribution in [-0.2, 0) is 9.53 Å². The molecule has 0 fully saturated rings. The van der Waals surface area contributed by atoms with Gasteiger partial charge in [0.05, 0.1) is 12.9 Å². The zero-order valence-corrected chi connectivity index (χ0v) is 9.53. The van der Waals surface area contributed by atoms with Crippen LogP contribution in [0.25, 0.3) is 0 Å². The highest BCUT2D eigenvalue weighted by molar-refractivity contribution is 8.14. The second kappa shape index (κ2) is 4.27. The van der Waals surface area contributed by atoms with Gasteiger partial charge in [0, 0.05) is 5.56 Å². The highest BCUT2D eigenvalue weighted by Crippen LogP contribution is 2.30. The van der Waals surface area contributed by atoms with Crippen LogP contribution in [0.5, 0.6) is 0 Å². The highest BCUT2D eigenvalue weighted by atomic mass is 32.2. The van der Waals surface area contributed by atoms with Gasteiger partial charge in [-0.2, -0.15) is 0 Å². The number of rotatable bonds is 2. The summed E-state index contributed by atoms with van der Waals surface area (Å²) < 4.78 is 4.51. The zero-order valence-electron chi connectivity index (χ0n) is 8.71. The molecule has 84 valence electrons. The maximum atomic E-state index is 11.3. The van der Waals surface area contributed by atoms with Crippen molar-refractivity contribution in [3.8, 4) is 0 Å². The van der Waals surface area contributed by atoms with Crippen LogP contribution in [0.2, 0.25) is 0 Å². The number of benzene rings is 1. The number of thioether (sulfide) groups is 1. The van der Waals surface area contributed by atoms with Crippen molar-refractivity contribution in [1.82, 2.24) is 0 Å². The van der Waals surface area contributed by atoms with Crippen LogP contribution in [0.1, 0.15) is 5.56 Å². The number of hydrogen-bond acceptors (Lipinski definition) is 5. The summed E-state index contributed by atoms with van der Waals surface area (Å²) in [5, 5.41) is 10.6. The van der Waals surface area contributed by atoms with E-state index in [0.29, 0.717) is 5.04 Å². The molecule has 1 aliphatic rings. The molecule has 5 heteroatoms. The van der Waals surface area contributed by atoms with E-state index in [-0.39, 0.29) is 5.75 Å². The van der Waals surface area contributed by atoms with E-state index in [1.165, 1.54) is 18.9 Å². The third-order valence-electron chi connectivity index (χ3n) is 2.23. The molecule has 1 aromatic rings. The van der Waals surface area contributed by atoms with Crippen molar-refractivity contribution in [1.29, 1.82) is 0 Å². The predicted octanol–water partition coefficient (Wildman–Crippen LogP) is 1.04. The monoisotopic (exact) mass is 237 g/mol. The summed E-state index contributed by atoms with van der Waals surface area (Å²) in [6.07, 6.45) is 0. The Hall–Kier alpha value is -1.33. The molecule has 0 unspecified atom stereocenters. The highest BCUT2D eigenvalue weighted by Gasteiger charge is 2.42. The maximum Gasteiger partial charge on any atom is 0.362 e. The fraction of sp³-hybridized carbons (Fsp3) is 0.273. The van der Waals surface area contributed by atoms with E-state index in [9.17, 15) is 9.90 Å². The maximum absolute atomic E-state index is 11.3. The number of aliphatic imine (C=N–C) groups is 1. The van der Waals surface area contributed by atoms with E-state index in [4.69, 9.17) is 0 Å². The van der Waals surface area contributed by atoms with Crippen LogP contribution >= 0.6 is 11.8 Å². The Labute approximate surface area is 97.3 Å². The summed E-state index contributed by atoms with van der Waals surface area (Å²) >= 11 is 1.35. The average molecular weight is 237 g/mol. The van der Waals surface area contributed by atoms with Crippen LogP contribution in [-0.4, -0.2) is 34.7 Å². The summed E-state index contributed by atoms with van der Waals surface area (Å²) in [4.78, 5) is 15.3. The summed E-state index contributed by atoms with van der Waals surface area (Å²) in [6.45, 7) is 0. The first-order valence-electron chi connectivity index (χ1n) is 4.74. The fourth-order valence-electron chi connectivity index (χ4n) is 1.40. The van der Waals surface area contributed by atoms with Crippen molar-refractivity contribution in [2.75, 3.05) is 12.9 Å². The van der Waals surface area contributed by atoms with Crippen molar-refractivity contribution in [3.05, 3.63) is 35.9 Å². The molecule has 0 saturated carbocycles. The Kier molecular flexibility index (Phi) is 2.98. The Morgan fingerprint density at radius 2 is 2.19 bits per heavy atom. The molecule has 0 spiro atoms. The molecule has 1 atom stereocenters. The standard InChI is InChI=1S/C11H11NO3S/c1-15-10(13)11(14)7-16-9(12-11)8-5-3-2-4-6-8/h2-6,14H,7H2,1H3/t11-/m1/s1. The van der Waals surface area contributed by atoms with Crippen LogP contribution in [0, 0.1) is 0 Å². The van der Waals surface area contributed by atoms with Gasteiger partial charge in [-0.25, -0.2) is 9.79 Å². The third kappa shape index (κ3) is 1.96. The molecular weight excluding hydrogens is 226 g/mol. The largest absolute Gasteiger partial charge is 0.465 e. The van der Waals surface area contributed by atoms with E-state index in [1.807, 2.05) is 30.3 Å². The van der Waals surface area contributed by atoms with Gasteiger partial charge in [0.15, 0.2) is 0 Å². The van der Waals surface area contributed by atoms with Crippen LogP contribution in [0.3, 0.4) is 0 Å². The molecule has 2 rings (SSSR count). The average Bonchev–Trinajstić information content (AvgIpc) is 2.73. The molecule has 4 nitrogen and oxygen atoms in total. The number of carbonyl (C=O) groups excluding carboxylic acids is 1. The lowest BCUT2D eigenvalue weighted by Gasteiger charge is -2.13. The van der Waals surface area contributed by atoms with Gasteiger partial charge in [0.2, 0.25) is 0 Å². The Morgan fingerprint density at radius 1 is 1.50 bits per heavy atom. The molecule has 0 amide bonds. The first-order chi connectivity index (χ1) is 7.65. The topological polar surface area (TPSA) is 58.9 Å². The van der Waals surface area contributed by atoms with Crippen LogP contribution < -0.4 is 0 Å². The van der Waals surface area contributed by atoms with Gasteiger partial charge in [-0.3, -0.25) is 0 Å². The third-order valence-corrected chi connectivity index (χ3v) is 3.38. The van der Waals surface area contributed by atoms with Crippen molar-refractivity contribution >= 4 is 22.8 Å². The Bertz CT molecular complexity index is 432. The minimum atomic E-state index is -1.73. The van der Waals surface area contributed by atoms with Gasteiger partial charge < -0.3 is 9.84 Å². The van der Waals surface area contributed by atoms with E-state index in [1.54, 1.807) is 0 Å². The lowest BCUT2D eigenvalue weighted by Crippen LogP contribution is -2.38. The van der Waals surface area contributed by atoms with Gasteiger partial charge in [-0.05, 0) is 0 Å². The van der Waals surface area contributed by atoms with Crippen molar-refractivity contribution in [2.24, 2.45) is 4.99 Å².